The molecule has 0 aromatic heterocycles. The summed E-state index contributed by atoms with van der Waals surface area (Å²) in [6, 6.07) is 5.24. The molecule has 0 radical (unpaired) electrons. The van der Waals surface area contributed by atoms with Gasteiger partial charge in [0.05, 0.1) is 15.6 Å². The van der Waals surface area contributed by atoms with Crippen molar-refractivity contribution >= 4 is 29.1 Å². The van der Waals surface area contributed by atoms with E-state index in [1.54, 1.807) is 18.2 Å². The molecule has 0 spiro atoms. The summed E-state index contributed by atoms with van der Waals surface area (Å²) >= 11 is 11.8. The second-order valence-corrected chi connectivity index (χ2v) is 4.55. The molecule has 0 unspecified atom stereocenters. The molecule has 5 heteroatoms. The Bertz CT molecular complexity index is 403. The highest BCUT2D eigenvalue weighted by Gasteiger charge is 2.19. The van der Waals surface area contributed by atoms with Crippen LogP contribution in [0.2, 0.25) is 10.0 Å². The van der Waals surface area contributed by atoms with Crippen LogP contribution in [0.5, 0.6) is 0 Å². The third-order valence-electron chi connectivity index (χ3n) is 2.59. The lowest BCUT2D eigenvalue weighted by Crippen LogP contribution is -2.36. The molecule has 2 rings (SSSR count). The molecule has 1 aromatic carbocycles. The molecular formula is C11H12Cl2N2O. The van der Waals surface area contributed by atoms with E-state index in [1.165, 1.54) is 0 Å². The molecule has 1 amide bonds. The number of carbonyl (C=O) groups excluding carboxylic acids is 1. The molecular weight excluding hydrogens is 247 g/mol. The van der Waals surface area contributed by atoms with Crippen LogP contribution in [0.15, 0.2) is 18.2 Å². The first-order valence-electron chi connectivity index (χ1n) is 5.14. The average molecular weight is 259 g/mol. The SMILES string of the molecule is O=C(N[C@H]1CCNC1)c1cccc(Cl)c1Cl. The van der Waals surface area contributed by atoms with Crippen molar-refractivity contribution in [2.24, 2.45) is 0 Å². The minimum absolute atomic E-state index is 0.166. The lowest BCUT2D eigenvalue weighted by atomic mass is 10.2. The monoisotopic (exact) mass is 258 g/mol. The summed E-state index contributed by atoms with van der Waals surface area (Å²) in [6.07, 6.45) is 0.948. The van der Waals surface area contributed by atoms with Crippen LogP contribution in [0.3, 0.4) is 0 Å². The minimum Gasteiger partial charge on any atom is -0.348 e. The summed E-state index contributed by atoms with van der Waals surface area (Å²) < 4.78 is 0. The maximum absolute atomic E-state index is 11.9. The Kier molecular flexibility index (Phi) is 3.69. The summed E-state index contributed by atoms with van der Waals surface area (Å²) in [5.41, 5.74) is 0.432. The van der Waals surface area contributed by atoms with Crippen molar-refractivity contribution < 1.29 is 4.79 Å². The van der Waals surface area contributed by atoms with Crippen molar-refractivity contribution in [3.05, 3.63) is 33.8 Å². The van der Waals surface area contributed by atoms with E-state index in [0.717, 1.165) is 19.5 Å². The lowest BCUT2D eigenvalue weighted by molar-refractivity contribution is 0.0940. The molecule has 0 bridgehead atoms. The van der Waals surface area contributed by atoms with Crippen molar-refractivity contribution in [3.8, 4) is 0 Å². The molecule has 1 aromatic rings. The van der Waals surface area contributed by atoms with E-state index >= 15 is 0 Å². The zero-order valence-electron chi connectivity index (χ0n) is 8.59. The molecule has 1 aliphatic rings. The van der Waals surface area contributed by atoms with Crippen LogP contribution in [0, 0.1) is 0 Å². The quantitative estimate of drug-likeness (QED) is 0.853. The van der Waals surface area contributed by atoms with Gasteiger partial charge in [0.25, 0.3) is 5.91 Å². The molecule has 0 saturated carbocycles. The first-order valence-corrected chi connectivity index (χ1v) is 5.89. The summed E-state index contributed by atoms with van der Waals surface area (Å²) in [7, 11) is 0. The first-order chi connectivity index (χ1) is 7.68. The van der Waals surface area contributed by atoms with Crippen LogP contribution in [-0.2, 0) is 0 Å². The second kappa shape index (κ2) is 5.04. The molecule has 3 nitrogen and oxygen atoms in total. The van der Waals surface area contributed by atoms with E-state index in [-0.39, 0.29) is 11.9 Å². The van der Waals surface area contributed by atoms with Gasteiger partial charge in [-0.2, -0.15) is 0 Å². The number of rotatable bonds is 2. The standard InChI is InChI=1S/C11H12Cl2N2O/c12-9-3-1-2-8(10(9)13)11(16)15-7-4-5-14-6-7/h1-3,7,14H,4-6H2,(H,15,16)/t7-/m0/s1. The largest absolute Gasteiger partial charge is 0.348 e. The number of hydrogen-bond donors (Lipinski definition) is 2. The van der Waals surface area contributed by atoms with Crippen molar-refractivity contribution in [3.63, 3.8) is 0 Å². The maximum Gasteiger partial charge on any atom is 0.253 e. The van der Waals surface area contributed by atoms with Crippen LogP contribution >= 0.6 is 23.2 Å². The highest BCUT2D eigenvalue weighted by molar-refractivity contribution is 6.43. The molecule has 1 heterocycles. The van der Waals surface area contributed by atoms with E-state index in [1.807, 2.05) is 0 Å². The Hall–Kier alpha value is -0.770. The molecule has 2 N–H and O–H groups in total. The van der Waals surface area contributed by atoms with E-state index in [0.29, 0.717) is 15.6 Å². The fraction of sp³-hybridized carbons (Fsp3) is 0.364. The van der Waals surface area contributed by atoms with Gasteiger partial charge in [-0.1, -0.05) is 29.3 Å². The van der Waals surface area contributed by atoms with Gasteiger partial charge >= 0.3 is 0 Å². The van der Waals surface area contributed by atoms with Gasteiger partial charge in [0.2, 0.25) is 0 Å². The zero-order chi connectivity index (χ0) is 11.5. The number of hydrogen-bond acceptors (Lipinski definition) is 2. The number of amides is 1. The maximum atomic E-state index is 11.9. The van der Waals surface area contributed by atoms with Crippen molar-refractivity contribution in [2.45, 2.75) is 12.5 Å². The van der Waals surface area contributed by atoms with Gasteiger partial charge in [0.15, 0.2) is 0 Å². The van der Waals surface area contributed by atoms with Crippen LogP contribution in [0.1, 0.15) is 16.8 Å². The highest BCUT2D eigenvalue weighted by Crippen LogP contribution is 2.25. The smallest absolute Gasteiger partial charge is 0.253 e. The predicted molar refractivity (Wildman–Crippen MR) is 65.2 cm³/mol. The Morgan fingerprint density at radius 1 is 1.44 bits per heavy atom. The molecule has 86 valence electrons. The van der Waals surface area contributed by atoms with Crippen LogP contribution in [0.25, 0.3) is 0 Å². The lowest BCUT2D eigenvalue weighted by Gasteiger charge is -2.12. The highest BCUT2D eigenvalue weighted by atomic mass is 35.5. The Labute approximate surface area is 104 Å². The second-order valence-electron chi connectivity index (χ2n) is 3.76. The van der Waals surface area contributed by atoms with Gasteiger partial charge in [0.1, 0.15) is 0 Å². The van der Waals surface area contributed by atoms with Crippen molar-refractivity contribution in [2.75, 3.05) is 13.1 Å². The molecule has 1 fully saturated rings. The third-order valence-corrected chi connectivity index (χ3v) is 3.41. The number of nitrogens with one attached hydrogen (secondary N) is 2. The minimum atomic E-state index is -0.166. The summed E-state index contributed by atoms with van der Waals surface area (Å²) in [5, 5.41) is 6.81. The Morgan fingerprint density at radius 3 is 2.94 bits per heavy atom. The number of halogens is 2. The van der Waals surface area contributed by atoms with E-state index in [4.69, 9.17) is 23.2 Å². The van der Waals surface area contributed by atoms with Gasteiger partial charge in [-0.05, 0) is 25.1 Å². The normalized spacial score (nSPS) is 19.8. The molecule has 16 heavy (non-hydrogen) atoms. The van der Waals surface area contributed by atoms with Crippen LogP contribution in [-0.4, -0.2) is 25.0 Å². The van der Waals surface area contributed by atoms with Gasteiger partial charge in [-0.25, -0.2) is 0 Å². The van der Waals surface area contributed by atoms with E-state index in [9.17, 15) is 4.79 Å². The van der Waals surface area contributed by atoms with E-state index in [2.05, 4.69) is 10.6 Å². The summed E-state index contributed by atoms with van der Waals surface area (Å²) in [5.74, 6) is -0.166. The van der Waals surface area contributed by atoms with Gasteiger partial charge in [-0.3, -0.25) is 4.79 Å². The molecule has 1 atom stereocenters. The topological polar surface area (TPSA) is 41.1 Å². The molecule has 1 saturated heterocycles. The van der Waals surface area contributed by atoms with Gasteiger partial charge < -0.3 is 10.6 Å². The fourth-order valence-corrected chi connectivity index (χ4v) is 2.11. The Morgan fingerprint density at radius 2 is 2.25 bits per heavy atom. The Balaban J connectivity index is 2.11. The number of carbonyl (C=O) groups is 1. The summed E-state index contributed by atoms with van der Waals surface area (Å²) in [6.45, 7) is 1.75. The zero-order valence-corrected chi connectivity index (χ0v) is 10.1. The predicted octanol–water partition coefficient (Wildman–Crippen LogP) is 2.09. The molecule has 0 aliphatic carbocycles. The average Bonchev–Trinajstić information content (AvgIpc) is 2.74. The van der Waals surface area contributed by atoms with E-state index < -0.39 is 0 Å². The van der Waals surface area contributed by atoms with Crippen molar-refractivity contribution in [1.82, 2.24) is 10.6 Å². The fourth-order valence-electron chi connectivity index (χ4n) is 1.72. The van der Waals surface area contributed by atoms with Crippen molar-refractivity contribution in [1.29, 1.82) is 0 Å². The van der Waals surface area contributed by atoms with Gasteiger partial charge in [0, 0.05) is 12.6 Å². The first kappa shape index (κ1) is 11.7. The number of benzene rings is 1. The van der Waals surface area contributed by atoms with Crippen LogP contribution in [0.4, 0.5) is 0 Å². The van der Waals surface area contributed by atoms with Crippen LogP contribution < -0.4 is 10.6 Å². The third kappa shape index (κ3) is 2.48. The van der Waals surface area contributed by atoms with Gasteiger partial charge in [-0.15, -0.1) is 0 Å². The molecule has 1 aliphatic heterocycles. The summed E-state index contributed by atoms with van der Waals surface area (Å²) in [4.78, 5) is 11.9.